The highest BCUT2D eigenvalue weighted by atomic mass is 32.1. The topological polar surface area (TPSA) is 51.4 Å². The summed E-state index contributed by atoms with van der Waals surface area (Å²) >= 11 is 1.66. The number of hydrogen-bond acceptors (Lipinski definition) is 5. The summed E-state index contributed by atoms with van der Waals surface area (Å²) in [6.45, 7) is 4.26. The van der Waals surface area contributed by atoms with Crippen molar-refractivity contribution in [3.8, 4) is 0 Å². The molecular formula is C10H19N3OS. The molecule has 15 heavy (non-hydrogen) atoms. The fourth-order valence-electron chi connectivity index (χ4n) is 1.37. The van der Waals surface area contributed by atoms with Crippen molar-refractivity contribution in [2.75, 3.05) is 25.6 Å². The molecule has 0 radical (unpaired) electrons. The van der Waals surface area contributed by atoms with E-state index in [4.69, 9.17) is 10.5 Å². The molecule has 0 bridgehead atoms. The van der Waals surface area contributed by atoms with Crippen molar-refractivity contribution >= 4 is 16.5 Å². The van der Waals surface area contributed by atoms with Crippen LogP contribution in [0.15, 0.2) is 0 Å². The highest BCUT2D eigenvalue weighted by Gasteiger charge is 2.12. The average molecular weight is 229 g/mol. The number of rotatable bonds is 6. The minimum Gasteiger partial charge on any atom is -0.378 e. The number of thiazole rings is 1. The molecule has 0 fully saturated rings. The zero-order chi connectivity index (χ0) is 11.3. The van der Waals surface area contributed by atoms with E-state index in [0.29, 0.717) is 13.2 Å². The van der Waals surface area contributed by atoms with Crippen molar-refractivity contribution in [3.05, 3.63) is 10.6 Å². The second-order valence-corrected chi connectivity index (χ2v) is 4.49. The van der Waals surface area contributed by atoms with Crippen molar-refractivity contribution in [2.45, 2.75) is 26.5 Å². The SMILES string of the molecule is CCCN(C)c1nc(COC)c(CN)s1. The number of methoxy groups -OCH3 is 1. The van der Waals surface area contributed by atoms with Gasteiger partial charge >= 0.3 is 0 Å². The van der Waals surface area contributed by atoms with Crippen LogP contribution in [0.4, 0.5) is 5.13 Å². The van der Waals surface area contributed by atoms with Crippen LogP contribution in [0.1, 0.15) is 23.9 Å². The zero-order valence-corrected chi connectivity index (χ0v) is 10.4. The van der Waals surface area contributed by atoms with Gasteiger partial charge in [0.05, 0.1) is 12.3 Å². The van der Waals surface area contributed by atoms with Crippen molar-refractivity contribution in [3.63, 3.8) is 0 Å². The van der Waals surface area contributed by atoms with Crippen LogP contribution in [0, 0.1) is 0 Å². The number of ether oxygens (including phenoxy) is 1. The molecule has 86 valence electrons. The molecule has 0 aliphatic heterocycles. The predicted octanol–water partition coefficient (Wildman–Crippen LogP) is 1.59. The van der Waals surface area contributed by atoms with E-state index in [1.165, 1.54) is 0 Å². The Labute approximate surface area is 95.1 Å². The van der Waals surface area contributed by atoms with Gasteiger partial charge in [-0.25, -0.2) is 4.98 Å². The van der Waals surface area contributed by atoms with Gasteiger partial charge in [0.15, 0.2) is 5.13 Å². The number of nitrogens with zero attached hydrogens (tertiary/aromatic N) is 2. The summed E-state index contributed by atoms with van der Waals surface area (Å²) in [6.07, 6.45) is 1.12. The smallest absolute Gasteiger partial charge is 0.185 e. The fraction of sp³-hybridized carbons (Fsp3) is 0.700. The van der Waals surface area contributed by atoms with Gasteiger partial charge < -0.3 is 15.4 Å². The molecule has 0 saturated heterocycles. The highest BCUT2D eigenvalue weighted by molar-refractivity contribution is 7.15. The molecule has 0 unspecified atom stereocenters. The van der Waals surface area contributed by atoms with Gasteiger partial charge in [-0.3, -0.25) is 0 Å². The Hall–Kier alpha value is -0.650. The monoisotopic (exact) mass is 229 g/mol. The van der Waals surface area contributed by atoms with Gasteiger partial charge in [0.2, 0.25) is 0 Å². The van der Waals surface area contributed by atoms with E-state index in [1.807, 2.05) is 0 Å². The van der Waals surface area contributed by atoms with Crippen LogP contribution in [0.5, 0.6) is 0 Å². The van der Waals surface area contributed by atoms with Crippen molar-refractivity contribution < 1.29 is 4.74 Å². The lowest BCUT2D eigenvalue weighted by atomic mass is 10.4. The minimum absolute atomic E-state index is 0.538. The molecule has 0 aliphatic carbocycles. The van der Waals surface area contributed by atoms with Crippen LogP contribution >= 0.6 is 11.3 Å². The van der Waals surface area contributed by atoms with Gasteiger partial charge in [0.25, 0.3) is 0 Å². The van der Waals surface area contributed by atoms with Crippen molar-refractivity contribution in [1.29, 1.82) is 0 Å². The van der Waals surface area contributed by atoms with Crippen molar-refractivity contribution in [1.82, 2.24) is 4.98 Å². The standard InChI is InChI=1S/C10H19N3OS/c1-4-5-13(2)10-12-8(7-14-3)9(6-11)15-10/h4-7,11H2,1-3H3. The lowest BCUT2D eigenvalue weighted by Crippen LogP contribution is -2.17. The third-order valence-corrected chi connectivity index (χ3v) is 3.35. The molecule has 5 heteroatoms. The highest BCUT2D eigenvalue weighted by Crippen LogP contribution is 2.25. The Kier molecular flexibility index (Phi) is 5.01. The lowest BCUT2D eigenvalue weighted by Gasteiger charge is -2.13. The number of hydrogen-bond donors (Lipinski definition) is 1. The molecule has 0 amide bonds. The summed E-state index contributed by atoms with van der Waals surface area (Å²) < 4.78 is 5.09. The first-order valence-corrected chi connectivity index (χ1v) is 5.93. The molecule has 1 aromatic heterocycles. The largest absolute Gasteiger partial charge is 0.378 e. The van der Waals surface area contributed by atoms with Gasteiger partial charge in [0, 0.05) is 32.1 Å². The fourth-order valence-corrected chi connectivity index (χ4v) is 2.30. The Balaban J connectivity index is 2.81. The number of nitrogens with two attached hydrogens (primary N) is 1. The average Bonchev–Trinajstić information content (AvgIpc) is 2.62. The predicted molar refractivity (Wildman–Crippen MR) is 64.3 cm³/mol. The molecule has 0 aliphatic rings. The van der Waals surface area contributed by atoms with Gasteiger partial charge in [0.1, 0.15) is 0 Å². The second-order valence-electron chi connectivity index (χ2n) is 3.43. The number of aromatic nitrogens is 1. The minimum atomic E-state index is 0.538. The third-order valence-electron chi connectivity index (χ3n) is 2.12. The first-order chi connectivity index (χ1) is 7.22. The molecule has 1 rings (SSSR count). The van der Waals surface area contributed by atoms with Crippen LogP contribution < -0.4 is 10.6 Å². The van der Waals surface area contributed by atoms with Gasteiger partial charge in [-0.1, -0.05) is 6.92 Å². The summed E-state index contributed by atoms with van der Waals surface area (Å²) in [4.78, 5) is 7.80. The molecule has 0 spiro atoms. The van der Waals surface area contributed by atoms with Crippen LogP contribution in [-0.2, 0) is 17.9 Å². The molecule has 1 aromatic rings. The van der Waals surface area contributed by atoms with E-state index in [1.54, 1.807) is 18.4 Å². The summed E-state index contributed by atoms with van der Waals surface area (Å²) in [5.41, 5.74) is 6.64. The first-order valence-electron chi connectivity index (χ1n) is 5.11. The first kappa shape index (κ1) is 12.4. The molecule has 0 saturated carbocycles. The Morgan fingerprint density at radius 2 is 2.27 bits per heavy atom. The Morgan fingerprint density at radius 3 is 2.80 bits per heavy atom. The molecule has 1 heterocycles. The lowest BCUT2D eigenvalue weighted by molar-refractivity contribution is 0.181. The Morgan fingerprint density at radius 1 is 1.53 bits per heavy atom. The van der Waals surface area contributed by atoms with E-state index >= 15 is 0 Å². The molecule has 2 N–H and O–H groups in total. The summed E-state index contributed by atoms with van der Waals surface area (Å²) in [5, 5.41) is 1.03. The van der Waals surface area contributed by atoms with Crippen LogP contribution in [0.2, 0.25) is 0 Å². The van der Waals surface area contributed by atoms with E-state index in [9.17, 15) is 0 Å². The van der Waals surface area contributed by atoms with Gasteiger partial charge in [-0.05, 0) is 6.42 Å². The summed E-state index contributed by atoms with van der Waals surface area (Å²) in [6, 6.07) is 0. The van der Waals surface area contributed by atoms with Gasteiger partial charge in [-0.2, -0.15) is 0 Å². The molecule has 4 nitrogen and oxygen atoms in total. The third kappa shape index (κ3) is 3.15. The van der Waals surface area contributed by atoms with E-state index in [-0.39, 0.29) is 0 Å². The van der Waals surface area contributed by atoms with Crippen LogP contribution in [0.25, 0.3) is 0 Å². The van der Waals surface area contributed by atoms with Gasteiger partial charge in [-0.15, -0.1) is 11.3 Å². The van der Waals surface area contributed by atoms with E-state index in [0.717, 1.165) is 28.7 Å². The maximum atomic E-state index is 5.66. The van der Waals surface area contributed by atoms with Crippen LogP contribution in [-0.4, -0.2) is 25.7 Å². The number of anilines is 1. The van der Waals surface area contributed by atoms with E-state index < -0.39 is 0 Å². The summed E-state index contributed by atoms with van der Waals surface area (Å²) in [7, 11) is 3.73. The Bertz CT molecular complexity index is 301. The molecule has 0 atom stereocenters. The van der Waals surface area contributed by atoms with E-state index in [2.05, 4.69) is 23.9 Å². The zero-order valence-electron chi connectivity index (χ0n) is 9.62. The maximum Gasteiger partial charge on any atom is 0.185 e. The summed E-state index contributed by atoms with van der Waals surface area (Å²) in [5.74, 6) is 0. The molecular weight excluding hydrogens is 210 g/mol. The molecule has 0 aromatic carbocycles. The second kappa shape index (κ2) is 6.05. The normalized spacial score (nSPS) is 10.7. The maximum absolute atomic E-state index is 5.66. The van der Waals surface area contributed by atoms with Crippen LogP contribution in [0.3, 0.4) is 0 Å². The quantitative estimate of drug-likeness (QED) is 0.805. The van der Waals surface area contributed by atoms with Crippen molar-refractivity contribution in [2.24, 2.45) is 5.73 Å².